The van der Waals surface area contributed by atoms with E-state index in [1.807, 2.05) is 12.1 Å². The van der Waals surface area contributed by atoms with Crippen LogP contribution in [0.4, 0.5) is 10.1 Å². The van der Waals surface area contributed by atoms with Crippen LogP contribution in [-0.2, 0) is 6.42 Å². The van der Waals surface area contributed by atoms with Gasteiger partial charge in [0.15, 0.2) is 0 Å². The third kappa shape index (κ3) is 2.68. The number of hydrogen-bond acceptors (Lipinski definition) is 3. The number of nitrogens with zero attached hydrogens (tertiary/aromatic N) is 1. The summed E-state index contributed by atoms with van der Waals surface area (Å²) in [5, 5.41) is 21.8. The Morgan fingerprint density at radius 2 is 2.10 bits per heavy atom. The Bertz CT molecular complexity index is 721. The maximum atomic E-state index is 13.4. The minimum absolute atomic E-state index is 0.0433. The molecule has 106 valence electrons. The van der Waals surface area contributed by atoms with Crippen molar-refractivity contribution < 1.29 is 9.50 Å². The number of benzene rings is 2. The van der Waals surface area contributed by atoms with Gasteiger partial charge in [-0.1, -0.05) is 6.07 Å². The van der Waals surface area contributed by atoms with Crippen molar-refractivity contribution in [1.29, 1.82) is 5.26 Å². The van der Waals surface area contributed by atoms with Crippen LogP contribution in [-0.4, -0.2) is 5.11 Å². The zero-order valence-corrected chi connectivity index (χ0v) is 11.4. The summed E-state index contributed by atoms with van der Waals surface area (Å²) in [5.74, 6) is -0.222. The van der Waals surface area contributed by atoms with Crippen LogP contribution >= 0.6 is 0 Å². The van der Waals surface area contributed by atoms with Crippen molar-refractivity contribution in [2.24, 2.45) is 0 Å². The highest BCUT2D eigenvalue weighted by molar-refractivity contribution is 5.52. The molecule has 1 atom stereocenters. The van der Waals surface area contributed by atoms with Gasteiger partial charge in [-0.05, 0) is 60.7 Å². The molecule has 0 bridgehead atoms. The van der Waals surface area contributed by atoms with E-state index in [9.17, 15) is 9.50 Å². The molecule has 0 fully saturated rings. The molecule has 0 aromatic heterocycles. The van der Waals surface area contributed by atoms with E-state index < -0.39 is 5.82 Å². The molecule has 0 radical (unpaired) electrons. The fourth-order valence-corrected chi connectivity index (χ4v) is 2.85. The number of nitrogens with one attached hydrogen (secondary N) is 1. The second kappa shape index (κ2) is 5.45. The summed E-state index contributed by atoms with van der Waals surface area (Å²) in [7, 11) is 0. The molecule has 3 nitrogen and oxygen atoms in total. The van der Waals surface area contributed by atoms with E-state index in [1.165, 1.54) is 12.1 Å². The molecule has 1 aliphatic rings. The molecule has 0 heterocycles. The molecule has 0 amide bonds. The lowest BCUT2D eigenvalue weighted by Gasteiger charge is -2.27. The third-order valence-corrected chi connectivity index (χ3v) is 3.87. The Kier molecular flexibility index (Phi) is 3.49. The van der Waals surface area contributed by atoms with E-state index in [-0.39, 0.29) is 17.4 Å². The smallest absolute Gasteiger partial charge is 0.141 e. The summed E-state index contributed by atoms with van der Waals surface area (Å²) in [5.41, 5.74) is 3.07. The summed E-state index contributed by atoms with van der Waals surface area (Å²) < 4.78 is 13.4. The van der Waals surface area contributed by atoms with Gasteiger partial charge in [-0.2, -0.15) is 5.26 Å². The van der Waals surface area contributed by atoms with Crippen LogP contribution in [0.15, 0.2) is 36.4 Å². The van der Waals surface area contributed by atoms with Crippen molar-refractivity contribution in [3.8, 4) is 11.8 Å². The van der Waals surface area contributed by atoms with Crippen LogP contribution in [0, 0.1) is 17.1 Å². The van der Waals surface area contributed by atoms with Gasteiger partial charge in [0.1, 0.15) is 17.6 Å². The highest BCUT2D eigenvalue weighted by atomic mass is 19.1. The number of phenols is 1. The molecular formula is C17H15FN2O. The van der Waals surface area contributed by atoms with Gasteiger partial charge in [-0.25, -0.2) is 4.39 Å². The first-order chi connectivity index (χ1) is 10.2. The maximum Gasteiger partial charge on any atom is 0.141 e. The van der Waals surface area contributed by atoms with E-state index in [4.69, 9.17) is 5.26 Å². The topological polar surface area (TPSA) is 56.0 Å². The molecule has 0 saturated heterocycles. The highest BCUT2D eigenvalue weighted by Crippen LogP contribution is 2.34. The van der Waals surface area contributed by atoms with E-state index in [0.717, 1.165) is 36.1 Å². The molecule has 0 saturated carbocycles. The van der Waals surface area contributed by atoms with Gasteiger partial charge in [0, 0.05) is 5.69 Å². The number of halogens is 1. The largest absolute Gasteiger partial charge is 0.508 e. The lowest BCUT2D eigenvalue weighted by Crippen LogP contribution is -2.17. The first-order valence-corrected chi connectivity index (χ1v) is 6.95. The molecular weight excluding hydrogens is 267 g/mol. The zero-order valence-electron chi connectivity index (χ0n) is 11.4. The molecule has 1 aliphatic carbocycles. The van der Waals surface area contributed by atoms with Crippen molar-refractivity contribution in [3.63, 3.8) is 0 Å². The van der Waals surface area contributed by atoms with Crippen molar-refractivity contribution in [2.75, 3.05) is 5.32 Å². The zero-order chi connectivity index (χ0) is 14.8. The average molecular weight is 282 g/mol. The minimum Gasteiger partial charge on any atom is -0.508 e. The second-order valence-corrected chi connectivity index (χ2v) is 5.28. The molecule has 4 heteroatoms. The van der Waals surface area contributed by atoms with Gasteiger partial charge >= 0.3 is 0 Å². The van der Waals surface area contributed by atoms with E-state index >= 15 is 0 Å². The molecule has 2 aromatic rings. The van der Waals surface area contributed by atoms with Crippen LogP contribution in [0.2, 0.25) is 0 Å². The van der Waals surface area contributed by atoms with Crippen LogP contribution < -0.4 is 5.32 Å². The molecule has 0 spiro atoms. The van der Waals surface area contributed by atoms with Gasteiger partial charge in [-0.3, -0.25) is 0 Å². The number of rotatable bonds is 2. The third-order valence-electron chi connectivity index (χ3n) is 3.87. The predicted molar refractivity (Wildman–Crippen MR) is 78.5 cm³/mol. The predicted octanol–water partition coefficient (Wildman–Crippen LogP) is 3.89. The second-order valence-electron chi connectivity index (χ2n) is 5.28. The Morgan fingerprint density at radius 1 is 1.24 bits per heavy atom. The summed E-state index contributed by atoms with van der Waals surface area (Å²) in [4.78, 5) is 0. The molecule has 0 aliphatic heterocycles. The number of fused-ring (bicyclic) bond motifs is 1. The summed E-state index contributed by atoms with van der Waals surface area (Å²) >= 11 is 0. The van der Waals surface area contributed by atoms with Gasteiger partial charge < -0.3 is 10.4 Å². The number of hydrogen-bond donors (Lipinski definition) is 2. The number of aromatic hydroxyl groups is 1. The van der Waals surface area contributed by atoms with E-state index in [1.54, 1.807) is 18.2 Å². The van der Waals surface area contributed by atoms with Gasteiger partial charge in [-0.15, -0.1) is 0 Å². The van der Waals surface area contributed by atoms with Crippen LogP contribution in [0.3, 0.4) is 0 Å². The highest BCUT2D eigenvalue weighted by Gasteiger charge is 2.20. The number of anilines is 1. The SMILES string of the molecule is N#Cc1cc(NC2CCCc3cc(O)ccc32)ccc1F. The van der Waals surface area contributed by atoms with Gasteiger partial charge in [0.25, 0.3) is 0 Å². The fraction of sp³-hybridized carbons (Fsp3) is 0.235. The maximum absolute atomic E-state index is 13.4. The first kappa shape index (κ1) is 13.4. The quantitative estimate of drug-likeness (QED) is 0.878. The van der Waals surface area contributed by atoms with Gasteiger partial charge in [0.2, 0.25) is 0 Å². The van der Waals surface area contributed by atoms with Crippen LogP contribution in [0.5, 0.6) is 5.75 Å². The number of phenolic OH excluding ortho intramolecular Hbond substituents is 1. The van der Waals surface area contributed by atoms with Crippen molar-refractivity contribution >= 4 is 5.69 Å². The molecule has 2 aromatic carbocycles. The average Bonchev–Trinajstić information content (AvgIpc) is 2.49. The summed E-state index contributed by atoms with van der Waals surface area (Å²) in [6.07, 6.45) is 2.95. The van der Waals surface area contributed by atoms with Gasteiger partial charge in [0.05, 0.1) is 11.6 Å². The van der Waals surface area contributed by atoms with Crippen LogP contribution in [0.1, 0.15) is 35.6 Å². The lowest BCUT2D eigenvalue weighted by atomic mass is 9.87. The molecule has 21 heavy (non-hydrogen) atoms. The molecule has 1 unspecified atom stereocenters. The Labute approximate surface area is 122 Å². The lowest BCUT2D eigenvalue weighted by molar-refractivity contribution is 0.472. The minimum atomic E-state index is -0.503. The number of nitriles is 1. The molecule has 2 N–H and O–H groups in total. The summed E-state index contributed by atoms with van der Waals surface area (Å²) in [6.45, 7) is 0. The normalized spacial score (nSPS) is 16.9. The standard InChI is InChI=1S/C17H15FN2O/c18-16-7-4-13(8-12(16)10-19)20-17-3-1-2-11-9-14(21)5-6-15(11)17/h4-9,17,20-21H,1-3H2. The summed E-state index contributed by atoms with van der Waals surface area (Å²) in [6, 6.07) is 11.9. The first-order valence-electron chi connectivity index (χ1n) is 6.95. The van der Waals surface area contributed by atoms with Crippen molar-refractivity contribution in [2.45, 2.75) is 25.3 Å². The number of aryl methyl sites for hydroxylation is 1. The van der Waals surface area contributed by atoms with Crippen LogP contribution in [0.25, 0.3) is 0 Å². The van der Waals surface area contributed by atoms with E-state index in [0.29, 0.717) is 0 Å². The Balaban J connectivity index is 1.89. The Hall–Kier alpha value is -2.54. The van der Waals surface area contributed by atoms with Crippen molar-refractivity contribution in [3.05, 3.63) is 58.9 Å². The van der Waals surface area contributed by atoms with Crippen molar-refractivity contribution in [1.82, 2.24) is 0 Å². The van der Waals surface area contributed by atoms with E-state index in [2.05, 4.69) is 5.32 Å². The fourth-order valence-electron chi connectivity index (χ4n) is 2.85. The Morgan fingerprint density at radius 3 is 2.90 bits per heavy atom. The molecule has 3 rings (SSSR count). The monoisotopic (exact) mass is 282 g/mol.